The zero-order valence-corrected chi connectivity index (χ0v) is 12.2. The Hall–Kier alpha value is -2.41. The first kappa shape index (κ1) is 15.0. The average molecular weight is 289 g/mol. The van der Waals surface area contributed by atoms with Crippen LogP contribution >= 0.6 is 0 Å². The minimum absolute atomic E-state index is 0.00884. The van der Waals surface area contributed by atoms with Crippen molar-refractivity contribution in [3.8, 4) is 11.8 Å². The Morgan fingerprint density at radius 2 is 1.76 bits per heavy atom. The summed E-state index contributed by atoms with van der Waals surface area (Å²) in [7, 11) is 0. The van der Waals surface area contributed by atoms with E-state index in [0.717, 1.165) is 18.7 Å². The molecule has 0 aliphatic rings. The monoisotopic (exact) mass is 289 g/mol. The Kier molecular flexibility index (Phi) is 4.89. The van der Waals surface area contributed by atoms with Crippen LogP contribution in [0.3, 0.4) is 0 Å². The predicted molar refractivity (Wildman–Crippen MR) is 80.2 cm³/mol. The smallest absolute Gasteiger partial charge is 0.328 e. The summed E-state index contributed by atoms with van der Waals surface area (Å²) in [6.45, 7) is 5.55. The van der Waals surface area contributed by atoms with E-state index in [1.54, 1.807) is 24.3 Å². The van der Waals surface area contributed by atoms with Crippen molar-refractivity contribution in [3.05, 3.63) is 29.8 Å². The van der Waals surface area contributed by atoms with Crippen molar-refractivity contribution >= 4 is 11.9 Å². The molecule has 2 aromatic rings. The summed E-state index contributed by atoms with van der Waals surface area (Å²) in [6, 6.07) is 7.17. The maximum atomic E-state index is 9.01. The SMILES string of the molecule is CCN(CC)c1nc(N)nc(Oc2ccc(CO)cc2)n1. The fraction of sp³-hybridized carbons (Fsp3) is 0.357. The number of ether oxygens (including phenoxy) is 1. The minimum atomic E-state index is -0.00884. The third-order valence-corrected chi connectivity index (χ3v) is 2.98. The first-order valence-corrected chi connectivity index (χ1v) is 6.80. The molecular weight excluding hydrogens is 270 g/mol. The van der Waals surface area contributed by atoms with Gasteiger partial charge in [0, 0.05) is 13.1 Å². The first-order chi connectivity index (χ1) is 10.2. The Morgan fingerprint density at radius 3 is 2.33 bits per heavy atom. The molecule has 112 valence electrons. The van der Waals surface area contributed by atoms with Crippen molar-refractivity contribution in [2.24, 2.45) is 0 Å². The van der Waals surface area contributed by atoms with Gasteiger partial charge in [0.2, 0.25) is 11.9 Å². The summed E-state index contributed by atoms with van der Waals surface area (Å²) < 4.78 is 5.59. The quantitative estimate of drug-likeness (QED) is 0.833. The van der Waals surface area contributed by atoms with Crippen LogP contribution in [0.15, 0.2) is 24.3 Å². The molecule has 0 radical (unpaired) electrons. The van der Waals surface area contributed by atoms with Gasteiger partial charge < -0.3 is 20.5 Å². The van der Waals surface area contributed by atoms with Crippen molar-refractivity contribution in [1.29, 1.82) is 0 Å². The molecule has 1 heterocycles. The van der Waals surface area contributed by atoms with Gasteiger partial charge in [0.25, 0.3) is 0 Å². The van der Waals surface area contributed by atoms with Crippen LogP contribution in [0.2, 0.25) is 0 Å². The van der Waals surface area contributed by atoms with E-state index in [-0.39, 0.29) is 18.6 Å². The topological polar surface area (TPSA) is 97.4 Å². The van der Waals surface area contributed by atoms with Crippen molar-refractivity contribution in [2.75, 3.05) is 23.7 Å². The van der Waals surface area contributed by atoms with E-state index in [0.29, 0.717) is 11.7 Å². The molecule has 7 nitrogen and oxygen atoms in total. The Balaban J connectivity index is 2.22. The average Bonchev–Trinajstić information content (AvgIpc) is 2.49. The van der Waals surface area contributed by atoms with Crippen molar-refractivity contribution in [2.45, 2.75) is 20.5 Å². The summed E-state index contributed by atoms with van der Waals surface area (Å²) >= 11 is 0. The number of nitrogen functional groups attached to an aromatic ring is 1. The molecule has 0 fully saturated rings. The highest BCUT2D eigenvalue weighted by Crippen LogP contribution is 2.21. The second kappa shape index (κ2) is 6.85. The third-order valence-electron chi connectivity index (χ3n) is 2.98. The molecule has 0 unspecified atom stereocenters. The molecule has 1 aromatic carbocycles. The maximum absolute atomic E-state index is 9.01. The highest BCUT2D eigenvalue weighted by molar-refractivity contribution is 5.37. The van der Waals surface area contributed by atoms with Gasteiger partial charge in [0.1, 0.15) is 5.75 Å². The molecule has 0 aliphatic carbocycles. The van der Waals surface area contributed by atoms with Gasteiger partial charge in [-0.15, -0.1) is 0 Å². The van der Waals surface area contributed by atoms with Crippen molar-refractivity contribution < 1.29 is 9.84 Å². The van der Waals surface area contributed by atoms with Crippen LogP contribution in [0.4, 0.5) is 11.9 Å². The number of anilines is 2. The molecule has 0 saturated carbocycles. The highest BCUT2D eigenvalue weighted by atomic mass is 16.5. The van der Waals surface area contributed by atoms with E-state index in [1.807, 2.05) is 18.7 Å². The van der Waals surface area contributed by atoms with Gasteiger partial charge in [-0.05, 0) is 31.5 Å². The number of rotatable bonds is 6. The van der Waals surface area contributed by atoms with Crippen LogP contribution in [-0.4, -0.2) is 33.1 Å². The van der Waals surface area contributed by atoms with E-state index in [4.69, 9.17) is 15.6 Å². The van der Waals surface area contributed by atoms with Crippen LogP contribution in [0.25, 0.3) is 0 Å². The zero-order valence-electron chi connectivity index (χ0n) is 12.2. The fourth-order valence-corrected chi connectivity index (χ4v) is 1.82. The number of hydrogen-bond donors (Lipinski definition) is 2. The van der Waals surface area contributed by atoms with Crippen LogP contribution in [-0.2, 0) is 6.61 Å². The van der Waals surface area contributed by atoms with E-state index in [1.165, 1.54) is 0 Å². The Labute approximate surface area is 123 Å². The molecular formula is C14H19N5O2. The molecule has 0 amide bonds. The molecule has 2 rings (SSSR count). The standard InChI is InChI=1S/C14H19N5O2/c1-3-19(4-2)13-16-12(15)17-14(18-13)21-11-7-5-10(9-20)6-8-11/h5-8,20H,3-4,9H2,1-2H3,(H2,15,16,17,18). The highest BCUT2D eigenvalue weighted by Gasteiger charge is 2.11. The predicted octanol–water partition coefficient (Wildman–Crippen LogP) is 1.58. The van der Waals surface area contributed by atoms with Gasteiger partial charge in [-0.2, -0.15) is 15.0 Å². The maximum Gasteiger partial charge on any atom is 0.328 e. The molecule has 1 aromatic heterocycles. The second-order valence-electron chi connectivity index (χ2n) is 4.35. The van der Waals surface area contributed by atoms with Crippen LogP contribution in [0, 0.1) is 0 Å². The third kappa shape index (κ3) is 3.79. The summed E-state index contributed by atoms with van der Waals surface area (Å²) in [5.74, 6) is 1.19. The number of aliphatic hydroxyl groups is 1. The lowest BCUT2D eigenvalue weighted by Crippen LogP contribution is -2.25. The van der Waals surface area contributed by atoms with Crippen LogP contribution < -0.4 is 15.4 Å². The summed E-state index contributed by atoms with van der Waals surface area (Å²) in [6.07, 6.45) is 0. The lowest BCUT2D eigenvalue weighted by Gasteiger charge is -2.18. The molecule has 7 heteroatoms. The van der Waals surface area contributed by atoms with Gasteiger partial charge in [0.15, 0.2) is 0 Å². The number of hydrogen-bond acceptors (Lipinski definition) is 7. The van der Waals surface area contributed by atoms with Gasteiger partial charge in [-0.1, -0.05) is 12.1 Å². The Morgan fingerprint density at radius 1 is 1.10 bits per heavy atom. The molecule has 0 aliphatic heterocycles. The molecule has 0 bridgehead atoms. The van der Waals surface area contributed by atoms with E-state index >= 15 is 0 Å². The van der Waals surface area contributed by atoms with E-state index in [2.05, 4.69) is 15.0 Å². The van der Waals surface area contributed by atoms with Crippen molar-refractivity contribution in [1.82, 2.24) is 15.0 Å². The van der Waals surface area contributed by atoms with Gasteiger partial charge >= 0.3 is 6.01 Å². The Bertz CT molecular complexity index is 584. The molecule has 0 spiro atoms. The lowest BCUT2D eigenvalue weighted by atomic mass is 10.2. The molecule has 0 atom stereocenters. The molecule has 21 heavy (non-hydrogen) atoms. The number of nitrogens with two attached hydrogens (primary N) is 1. The second-order valence-corrected chi connectivity index (χ2v) is 4.35. The summed E-state index contributed by atoms with van der Waals surface area (Å²) in [5.41, 5.74) is 6.51. The van der Waals surface area contributed by atoms with Crippen LogP contribution in [0.5, 0.6) is 11.8 Å². The molecule has 0 saturated heterocycles. The molecule has 3 N–H and O–H groups in total. The van der Waals surface area contributed by atoms with Crippen molar-refractivity contribution in [3.63, 3.8) is 0 Å². The largest absolute Gasteiger partial charge is 0.424 e. The van der Waals surface area contributed by atoms with Crippen LogP contribution in [0.1, 0.15) is 19.4 Å². The number of aromatic nitrogens is 3. The first-order valence-electron chi connectivity index (χ1n) is 6.80. The lowest BCUT2D eigenvalue weighted by molar-refractivity contribution is 0.281. The number of benzene rings is 1. The van der Waals surface area contributed by atoms with E-state index in [9.17, 15) is 0 Å². The zero-order chi connectivity index (χ0) is 15.2. The normalized spacial score (nSPS) is 10.4. The summed E-state index contributed by atoms with van der Waals surface area (Å²) in [5, 5.41) is 9.01. The van der Waals surface area contributed by atoms with Gasteiger partial charge in [0.05, 0.1) is 6.61 Å². The number of nitrogens with zero attached hydrogens (tertiary/aromatic N) is 4. The van der Waals surface area contributed by atoms with E-state index < -0.39 is 0 Å². The van der Waals surface area contributed by atoms with Gasteiger partial charge in [-0.25, -0.2) is 0 Å². The van der Waals surface area contributed by atoms with Gasteiger partial charge in [-0.3, -0.25) is 0 Å². The fourth-order valence-electron chi connectivity index (χ4n) is 1.82. The number of aliphatic hydroxyl groups excluding tert-OH is 1. The summed E-state index contributed by atoms with van der Waals surface area (Å²) in [4.78, 5) is 14.3. The minimum Gasteiger partial charge on any atom is -0.424 e.